The van der Waals surface area contributed by atoms with E-state index in [1.807, 2.05) is 60.7 Å². The van der Waals surface area contributed by atoms with Gasteiger partial charge in [-0.1, -0.05) is 85.4 Å². The second-order valence-electron chi connectivity index (χ2n) is 10.7. The quantitative estimate of drug-likeness (QED) is 0.162. The van der Waals surface area contributed by atoms with Gasteiger partial charge in [0.05, 0.1) is 25.9 Å². The lowest BCUT2D eigenvalue weighted by atomic mass is 9.91. The largest absolute Gasteiger partial charge is 0.467 e. The lowest BCUT2D eigenvalue weighted by Gasteiger charge is -2.41. The number of hydrogen-bond acceptors (Lipinski definition) is 10. The summed E-state index contributed by atoms with van der Waals surface area (Å²) in [5.74, 6) is 0.0127. The number of anilines is 1. The summed E-state index contributed by atoms with van der Waals surface area (Å²) in [5, 5.41) is 27.4. The van der Waals surface area contributed by atoms with Crippen molar-refractivity contribution in [3.05, 3.63) is 101 Å². The van der Waals surface area contributed by atoms with Crippen LogP contribution in [0.5, 0.6) is 0 Å². The van der Waals surface area contributed by atoms with Crippen LogP contribution in [0.25, 0.3) is 0 Å². The number of tetrazole rings is 1. The fraction of sp³-hybridized carbons (Fsp3) is 0.344. The number of amides is 2. The van der Waals surface area contributed by atoms with E-state index < -0.39 is 24.3 Å². The molecular formula is C32H36N6O6S. The monoisotopic (exact) mass is 632 g/mol. The molecule has 0 saturated carbocycles. The number of methoxy groups -OCH3 is 1. The van der Waals surface area contributed by atoms with Crippen LogP contribution >= 0.6 is 11.8 Å². The van der Waals surface area contributed by atoms with Crippen molar-refractivity contribution in [2.75, 3.05) is 18.2 Å². The minimum atomic E-state index is -0.868. The van der Waals surface area contributed by atoms with Crippen molar-refractivity contribution in [3.8, 4) is 0 Å². The highest BCUT2D eigenvalue weighted by molar-refractivity contribution is 7.99. The first-order valence-corrected chi connectivity index (χ1v) is 15.5. The molecule has 2 heterocycles. The van der Waals surface area contributed by atoms with Crippen molar-refractivity contribution < 1.29 is 28.9 Å². The lowest BCUT2D eigenvalue weighted by molar-refractivity contribution is -0.268. The first-order valence-electron chi connectivity index (χ1n) is 14.5. The van der Waals surface area contributed by atoms with E-state index in [1.165, 1.54) is 18.9 Å². The maximum atomic E-state index is 13.0. The third kappa shape index (κ3) is 8.25. The Balaban J connectivity index is 1.32. The van der Waals surface area contributed by atoms with Gasteiger partial charge in [0.15, 0.2) is 6.29 Å². The number of thioether (sulfide) groups is 1. The predicted molar refractivity (Wildman–Crippen MR) is 167 cm³/mol. The number of aliphatic hydroxyl groups excluding tert-OH is 1. The van der Waals surface area contributed by atoms with Gasteiger partial charge in [0.1, 0.15) is 6.04 Å². The Labute approximate surface area is 265 Å². The molecule has 1 aliphatic rings. The minimum absolute atomic E-state index is 0.0260. The number of rotatable bonds is 11. The minimum Gasteiger partial charge on any atom is -0.467 e. The van der Waals surface area contributed by atoms with Gasteiger partial charge >= 0.3 is 12.0 Å². The number of carbonyl (C=O) groups is 2. The number of aromatic nitrogens is 4. The van der Waals surface area contributed by atoms with Crippen LogP contribution in [-0.2, 0) is 39.1 Å². The van der Waals surface area contributed by atoms with E-state index in [1.54, 1.807) is 29.9 Å². The number of carbonyl (C=O) groups excluding carboxylic acids is 2. The summed E-state index contributed by atoms with van der Waals surface area (Å²) >= 11 is 1.50. The highest BCUT2D eigenvalue weighted by atomic mass is 32.2. The normalized spacial score (nSPS) is 20.3. The fourth-order valence-corrected chi connectivity index (χ4v) is 6.10. The molecule has 1 aliphatic heterocycles. The van der Waals surface area contributed by atoms with Gasteiger partial charge in [0.2, 0.25) is 5.16 Å². The van der Waals surface area contributed by atoms with Gasteiger partial charge < -0.3 is 30.0 Å². The summed E-state index contributed by atoms with van der Waals surface area (Å²) in [4.78, 5) is 25.4. The molecule has 0 radical (unpaired) electrons. The van der Waals surface area contributed by atoms with Crippen LogP contribution in [0, 0.1) is 5.92 Å². The SMILES string of the molecule is COC(=O)[C@H](Cc1ccccc1)NC(=O)Nc1cccc([C@H]2O[C@@H](CSc3nnnn3C)[C@@H](C)[C@@H](c3ccc(CO)cc3)O2)c1. The van der Waals surface area contributed by atoms with Crippen molar-refractivity contribution in [3.63, 3.8) is 0 Å². The molecular weight excluding hydrogens is 596 g/mol. The molecule has 0 bridgehead atoms. The summed E-state index contributed by atoms with van der Waals surface area (Å²) < 4.78 is 19.6. The maximum Gasteiger partial charge on any atom is 0.328 e. The zero-order valence-corrected chi connectivity index (χ0v) is 26.0. The highest BCUT2D eigenvalue weighted by Crippen LogP contribution is 2.43. The van der Waals surface area contributed by atoms with Crippen LogP contribution < -0.4 is 10.6 Å². The van der Waals surface area contributed by atoms with E-state index in [0.717, 1.165) is 16.7 Å². The van der Waals surface area contributed by atoms with Gasteiger partial charge in [-0.25, -0.2) is 14.3 Å². The van der Waals surface area contributed by atoms with Crippen LogP contribution in [0.4, 0.5) is 10.5 Å². The number of urea groups is 1. The number of benzene rings is 3. The van der Waals surface area contributed by atoms with E-state index in [4.69, 9.17) is 14.2 Å². The number of aliphatic hydroxyl groups is 1. The molecule has 12 nitrogen and oxygen atoms in total. The van der Waals surface area contributed by atoms with Crippen LogP contribution in [-0.4, -0.2) is 62.3 Å². The smallest absolute Gasteiger partial charge is 0.328 e. The standard InChI is InChI=1S/C32H36N6O6S/c1-20-27(19-45-32-35-36-37-38(32)2)43-30(44-28(20)23-14-12-22(18-39)13-15-23)24-10-7-11-25(17-24)33-31(41)34-26(29(40)42-3)16-21-8-5-4-6-9-21/h4-15,17,20,26-28,30,39H,16,18-19H2,1-3H3,(H2,33,34,41)/t20-,26+,27+,28+,30+/m1/s1. The van der Waals surface area contributed by atoms with E-state index in [2.05, 4.69) is 33.1 Å². The van der Waals surface area contributed by atoms with Crippen LogP contribution in [0.1, 0.15) is 41.6 Å². The van der Waals surface area contributed by atoms with E-state index in [9.17, 15) is 14.7 Å². The van der Waals surface area contributed by atoms with Crippen molar-refractivity contribution in [2.45, 2.75) is 49.6 Å². The highest BCUT2D eigenvalue weighted by Gasteiger charge is 2.38. The molecule has 2 amide bonds. The number of nitrogens with one attached hydrogen (secondary N) is 2. The molecule has 1 aromatic heterocycles. The van der Waals surface area contributed by atoms with E-state index in [-0.39, 0.29) is 31.2 Å². The Bertz CT molecular complexity index is 1570. The molecule has 0 aliphatic carbocycles. The van der Waals surface area contributed by atoms with E-state index >= 15 is 0 Å². The molecule has 3 aromatic carbocycles. The number of nitrogens with zero attached hydrogens (tertiary/aromatic N) is 4. The van der Waals surface area contributed by atoms with Crippen LogP contribution in [0.15, 0.2) is 84.0 Å². The topological polar surface area (TPSA) is 150 Å². The zero-order valence-electron chi connectivity index (χ0n) is 25.2. The van der Waals surface area contributed by atoms with Gasteiger partial charge in [-0.05, 0) is 39.2 Å². The molecule has 3 N–H and O–H groups in total. The summed E-state index contributed by atoms with van der Waals surface area (Å²) in [7, 11) is 3.08. The molecule has 1 fully saturated rings. The molecule has 0 unspecified atom stereocenters. The Hall–Kier alpha value is -4.30. The fourth-order valence-electron chi connectivity index (χ4n) is 5.08. The number of aryl methyl sites for hydroxylation is 1. The second kappa shape index (κ2) is 15.1. The third-order valence-electron chi connectivity index (χ3n) is 7.57. The molecule has 13 heteroatoms. The average molecular weight is 633 g/mol. The molecule has 5 atom stereocenters. The number of hydrogen-bond donors (Lipinski definition) is 3. The molecule has 45 heavy (non-hydrogen) atoms. The maximum absolute atomic E-state index is 13.0. The second-order valence-corrected chi connectivity index (χ2v) is 11.7. The molecule has 1 saturated heterocycles. The van der Waals surface area contributed by atoms with Crippen molar-refractivity contribution >= 4 is 29.4 Å². The van der Waals surface area contributed by atoms with Gasteiger partial charge in [-0.2, -0.15) is 0 Å². The number of esters is 1. The zero-order chi connectivity index (χ0) is 31.8. The van der Waals surface area contributed by atoms with Crippen molar-refractivity contribution in [2.24, 2.45) is 13.0 Å². The van der Waals surface area contributed by atoms with Crippen LogP contribution in [0.3, 0.4) is 0 Å². The van der Waals surface area contributed by atoms with Crippen LogP contribution in [0.2, 0.25) is 0 Å². The van der Waals surface area contributed by atoms with Gasteiger partial charge in [-0.15, -0.1) is 5.10 Å². The molecule has 4 aromatic rings. The first kappa shape index (κ1) is 32.1. The Morgan fingerprint density at radius 2 is 1.80 bits per heavy atom. The van der Waals surface area contributed by atoms with Gasteiger partial charge in [-0.3, -0.25) is 0 Å². The number of ether oxygens (including phenoxy) is 3. The summed E-state index contributed by atoms with van der Waals surface area (Å²) in [6.45, 7) is 2.04. The molecule has 5 rings (SSSR count). The average Bonchev–Trinajstić information content (AvgIpc) is 3.48. The summed E-state index contributed by atoms with van der Waals surface area (Å²) in [6, 6.07) is 22.9. The Kier molecular flexibility index (Phi) is 10.8. The Morgan fingerprint density at radius 1 is 1.02 bits per heavy atom. The molecule has 236 valence electrons. The lowest BCUT2D eigenvalue weighted by Crippen LogP contribution is -2.45. The van der Waals surface area contributed by atoms with Crippen molar-refractivity contribution in [1.29, 1.82) is 0 Å². The molecule has 0 spiro atoms. The summed E-state index contributed by atoms with van der Waals surface area (Å²) in [6.07, 6.45) is -0.990. The van der Waals surface area contributed by atoms with Gasteiger partial charge in [0, 0.05) is 36.4 Å². The summed E-state index contributed by atoms with van der Waals surface area (Å²) in [5.41, 5.74) is 3.87. The van der Waals surface area contributed by atoms with Crippen molar-refractivity contribution in [1.82, 2.24) is 25.5 Å². The Morgan fingerprint density at radius 3 is 2.49 bits per heavy atom. The third-order valence-corrected chi connectivity index (χ3v) is 8.67. The van der Waals surface area contributed by atoms with Gasteiger partial charge in [0.25, 0.3) is 0 Å². The predicted octanol–water partition coefficient (Wildman–Crippen LogP) is 4.19. The van der Waals surface area contributed by atoms with E-state index in [0.29, 0.717) is 22.2 Å². The first-order chi connectivity index (χ1) is 21.8.